The van der Waals surface area contributed by atoms with Crippen molar-refractivity contribution in [2.45, 2.75) is 70.6 Å². The summed E-state index contributed by atoms with van der Waals surface area (Å²) in [4.78, 5) is 7.01. The van der Waals surface area contributed by atoms with E-state index in [2.05, 4.69) is 38.1 Å². The van der Waals surface area contributed by atoms with E-state index in [-0.39, 0.29) is 11.5 Å². The molecule has 0 amide bonds. The third-order valence-electron chi connectivity index (χ3n) is 3.96. The summed E-state index contributed by atoms with van der Waals surface area (Å²) >= 11 is 1.74. The lowest BCUT2D eigenvalue weighted by molar-refractivity contribution is 0.0288. The van der Waals surface area contributed by atoms with E-state index >= 15 is 0 Å². The minimum Gasteiger partial charge on any atom is -0.391 e. The molecule has 0 aliphatic heterocycles. The van der Waals surface area contributed by atoms with Crippen LogP contribution in [0.25, 0.3) is 0 Å². The molecule has 1 aromatic rings. The molecule has 2 atom stereocenters. The van der Waals surface area contributed by atoms with E-state index in [4.69, 9.17) is 4.98 Å². The highest BCUT2D eigenvalue weighted by Crippen LogP contribution is 2.27. The molecule has 1 aliphatic carbocycles. The molecule has 3 nitrogen and oxygen atoms in total. The van der Waals surface area contributed by atoms with Gasteiger partial charge in [-0.1, -0.05) is 33.6 Å². The van der Waals surface area contributed by atoms with Gasteiger partial charge in [-0.3, -0.25) is 4.90 Å². The van der Waals surface area contributed by atoms with Gasteiger partial charge in [0.2, 0.25) is 0 Å². The Morgan fingerprint density at radius 3 is 2.63 bits per heavy atom. The van der Waals surface area contributed by atoms with Crippen LogP contribution in [-0.4, -0.2) is 34.2 Å². The molecule has 0 spiro atoms. The third-order valence-corrected chi connectivity index (χ3v) is 4.80. The van der Waals surface area contributed by atoms with E-state index < -0.39 is 0 Å². The maximum absolute atomic E-state index is 10.1. The summed E-state index contributed by atoms with van der Waals surface area (Å²) in [6, 6.07) is 0.302. The first kappa shape index (κ1) is 14.9. The van der Waals surface area contributed by atoms with Gasteiger partial charge >= 0.3 is 0 Å². The first-order valence-corrected chi connectivity index (χ1v) is 8.09. The predicted molar refractivity (Wildman–Crippen MR) is 80.5 cm³/mol. The zero-order valence-electron chi connectivity index (χ0n) is 12.5. The SMILES string of the molecule is CN(Cc1nc(C(C)(C)C)cs1)C1CCCCC1O. The van der Waals surface area contributed by atoms with Crippen LogP contribution in [0.15, 0.2) is 5.38 Å². The van der Waals surface area contributed by atoms with E-state index in [0.717, 1.165) is 30.8 Å². The molecule has 2 rings (SSSR count). The molecule has 0 saturated heterocycles. The smallest absolute Gasteiger partial charge is 0.107 e. The number of likely N-dealkylation sites (N-methyl/N-ethyl adjacent to an activating group) is 1. The maximum Gasteiger partial charge on any atom is 0.107 e. The molecule has 2 unspecified atom stereocenters. The van der Waals surface area contributed by atoms with Crippen molar-refractivity contribution in [2.24, 2.45) is 0 Å². The molecule has 1 N–H and O–H groups in total. The van der Waals surface area contributed by atoms with Crippen molar-refractivity contribution < 1.29 is 5.11 Å². The van der Waals surface area contributed by atoms with Gasteiger partial charge in [0.15, 0.2) is 0 Å². The lowest BCUT2D eigenvalue weighted by Crippen LogP contribution is -2.42. The average Bonchev–Trinajstić information content (AvgIpc) is 2.77. The van der Waals surface area contributed by atoms with Gasteiger partial charge in [-0.15, -0.1) is 11.3 Å². The molecular formula is C15H26N2OS. The summed E-state index contributed by atoms with van der Waals surface area (Å²) < 4.78 is 0. The number of nitrogens with zero attached hydrogens (tertiary/aromatic N) is 2. The molecule has 1 heterocycles. The van der Waals surface area contributed by atoms with E-state index in [1.54, 1.807) is 11.3 Å². The topological polar surface area (TPSA) is 36.4 Å². The highest BCUT2D eigenvalue weighted by atomic mass is 32.1. The Morgan fingerprint density at radius 2 is 2.05 bits per heavy atom. The maximum atomic E-state index is 10.1. The molecule has 1 fully saturated rings. The molecule has 1 saturated carbocycles. The second kappa shape index (κ2) is 5.90. The Hall–Kier alpha value is -0.450. The van der Waals surface area contributed by atoms with Crippen molar-refractivity contribution in [1.82, 2.24) is 9.88 Å². The fourth-order valence-corrected chi connectivity index (χ4v) is 3.75. The third kappa shape index (κ3) is 3.77. The second-order valence-corrected chi connectivity index (χ2v) is 7.65. The van der Waals surface area contributed by atoms with Crippen LogP contribution in [0.3, 0.4) is 0 Å². The molecule has 0 bridgehead atoms. The molecule has 19 heavy (non-hydrogen) atoms. The van der Waals surface area contributed by atoms with Crippen LogP contribution in [0.2, 0.25) is 0 Å². The monoisotopic (exact) mass is 282 g/mol. The zero-order valence-corrected chi connectivity index (χ0v) is 13.3. The van der Waals surface area contributed by atoms with Crippen molar-refractivity contribution >= 4 is 11.3 Å². The van der Waals surface area contributed by atoms with Crippen molar-refractivity contribution in [1.29, 1.82) is 0 Å². The number of rotatable bonds is 3. The van der Waals surface area contributed by atoms with Crippen molar-refractivity contribution in [2.75, 3.05) is 7.05 Å². The van der Waals surface area contributed by atoms with Gasteiger partial charge < -0.3 is 5.11 Å². The van der Waals surface area contributed by atoms with Gasteiger partial charge in [-0.05, 0) is 19.9 Å². The molecule has 4 heteroatoms. The van der Waals surface area contributed by atoms with Gasteiger partial charge in [0.1, 0.15) is 5.01 Å². The number of aromatic nitrogens is 1. The highest BCUT2D eigenvalue weighted by molar-refractivity contribution is 7.09. The minimum absolute atomic E-state index is 0.123. The Labute approximate surface area is 120 Å². The van der Waals surface area contributed by atoms with Crippen molar-refractivity contribution in [3.63, 3.8) is 0 Å². The molecule has 108 valence electrons. The summed E-state index contributed by atoms with van der Waals surface area (Å²) in [5.41, 5.74) is 1.29. The Bertz CT molecular complexity index is 411. The van der Waals surface area contributed by atoms with Gasteiger partial charge in [-0.2, -0.15) is 0 Å². The van der Waals surface area contributed by atoms with E-state index in [0.29, 0.717) is 6.04 Å². The van der Waals surface area contributed by atoms with Crippen LogP contribution < -0.4 is 0 Å². The summed E-state index contributed by atoms with van der Waals surface area (Å²) in [5, 5.41) is 13.4. The summed E-state index contributed by atoms with van der Waals surface area (Å²) in [5.74, 6) is 0. The Morgan fingerprint density at radius 1 is 1.37 bits per heavy atom. The largest absolute Gasteiger partial charge is 0.391 e. The fraction of sp³-hybridized carbons (Fsp3) is 0.800. The number of hydrogen-bond acceptors (Lipinski definition) is 4. The number of aliphatic hydroxyl groups excluding tert-OH is 1. The number of thiazole rings is 1. The first-order valence-electron chi connectivity index (χ1n) is 7.21. The Balaban J connectivity index is 1.98. The van der Waals surface area contributed by atoms with E-state index in [9.17, 15) is 5.11 Å². The second-order valence-electron chi connectivity index (χ2n) is 6.71. The molecule has 0 aromatic carbocycles. The van der Waals surface area contributed by atoms with Gasteiger partial charge in [0.05, 0.1) is 18.3 Å². The quantitative estimate of drug-likeness (QED) is 0.925. The van der Waals surface area contributed by atoms with Crippen LogP contribution in [0.5, 0.6) is 0 Å². The van der Waals surface area contributed by atoms with Gasteiger partial charge in [0, 0.05) is 16.8 Å². The average molecular weight is 282 g/mol. The lowest BCUT2D eigenvalue weighted by Gasteiger charge is -2.34. The van der Waals surface area contributed by atoms with E-state index in [1.165, 1.54) is 12.1 Å². The molecular weight excluding hydrogens is 256 g/mol. The predicted octanol–water partition coefficient (Wildman–Crippen LogP) is 3.18. The van der Waals surface area contributed by atoms with Gasteiger partial charge in [0.25, 0.3) is 0 Å². The zero-order chi connectivity index (χ0) is 14.0. The van der Waals surface area contributed by atoms with Crippen molar-refractivity contribution in [3.05, 3.63) is 16.1 Å². The molecule has 1 aromatic heterocycles. The minimum atomic E-state index is -0.166. The van der Waals surface area contributed by atoms with Gasteiger partial charge in [-0.25, -0.2) is 4.98 Å². The summed E-state index contributed by atoms with van der Waals surface area (Å²) in [7, 11) is 2.11. The number of aliphatic hydroxyl groups is 1. The van der Waals surface area contributed by atoms with Crippen LogP contribution in [0.4, 0.5) is 0 Å². The summed E-state index contributed by atoms with van der Waals surface area (Å²) in [6.07, 6.45) is 4.28. The van der Waals surface area contributed by atoms with Crippen LogP contribution in [-0.2, 0) is 12.0 Å². The fourth-order valence-electron chi connectivity index (χ4n) is 2.66. The standard InChI is InChI=1S/C15H26N2OS/c1-15(2,3)13-10-19-14(16-13)9-17(4)11-7-5-6-8-12(11)18/h10-12,18H,5-9H2,1-4H3. The van der Waals surface area contributed by atoms with Crippen LogP contribution in [0.1, 0.15) is 57.2 Å². The number of hydrogen-bond donors (Lipinski definition) is 1. The first-order chi connectivity index (χ1) is 8.88. The molecule has 0 radical (unpaired) electrons. The van der Waals surface area contributed by atoms with Crippen LogP contribution in [0, 0.1) is 0 Å². The molecule has 1 aliphatic rings. The van der Waals surface area contributed by atoms with Crippen LogP contribution >= 0.6 is 11.3 Å². The van der Waals surface area contributed by atoms with E-state index in [1.807, 2.05) is 0 Å². The Kier molecular flexibility index (Phi) is 4.64. The lowest BCUT2D eigenvalue weighted by atomic mass is 9.91. The van der Waals surface area contributed by atoms with Crippen molar-refractivity contribution in [3.8, 4) is 0 Å². The summed E-state index contributed by atoms with van der Waals surface area (Å²) in [6.45, 7) is 7.43. The normalized spacial score (nSPS) is 24.9. The highest BCUT2D eigenvalue weighted by Gasteiger charge is 2.27.